The number of hydrogen-bond acceptors (Lipinski definition) is 2. The Labute approximate surface area is 93.7 Å². The molecule has 2 nitrogen and oxygen atoms in total. The number of halogens is 1. The zero-order chi connectivity index (χ0) is 11.2. The van der Waals surface area contributed by atoms with E-state index in [1.54, 1.807) is 19.4 Å². The Morgan fingerprint density at radius 1 is 1.44 bits per heavy atom. The van der Waals surface area contributed by atoms with Crippen LogP contribution >= 0.6 is 0 Å². The van der Waals surface area contributed by atoms with Gasteiger partial charge in [0, 0.05) is 22.6 Å². The van der Waals surface area contributed by atoms with Gasteiger partial charge in [-0.1, -0.05) is 0 Å². The van der Waals surface area contributed by atoms with Gasteiger partial charge in [-0.05, 0) is 25.0 Å². The van der Waals surface area contributed by atoms with Crippen LogP contribution in [0.25, 0.3) is 5.57 Å². The first-order chi connectivity index (χ1) is 7.75. The molecule has 3 heteroatoms. The Morgan fingerprint density at radius 2 is 2.25 bits per heavy atom. The van der Waals surface area contributed by atoms with Crippen LogP contribution in [0.2, 0.25) is 0 Å². The summed E-state index contributed by atoms with van der Waals surface area (Å²) in [5, 5.41) is 0. The highest BCUT2D eigenvalue weighted by Gasteiger charge is 2.50. The van der Waals surface area contributed by atoms with Crippen LogP contribution in [0.5, 0.6) is 5.75 Å². The Balaban J connectivity index is 2.12. The van der Waals surface area contributed by atoms with Gasteiger partial charge in [-0.2, -0.15) is 0 Å². The molecule has 0 saturated heterocycles. The molecule has 1 aromatic carbocycles. The van der Waals surface area contributed by atoms with E-state index in [1.807, 2.05) is 0 Å². The molecule has 0 unspecified atom stereocenters. The topological polar surface area (TPSA) is 18.5 Å². The summed E-state index contributed by atoms with van der Waals surface area (Å²) >= 11 is 0. The largest absolute Gasteiger partial charge is 0.504 e. The fourth-order valence-electron chi connectivity index (χ4n) is 2.29. The van der Waals surface area contributed by atoms with E-state index in [1.165, 1.54) is 12.1 Å². The Morgan fingerprint density at radius 3 is 2.94 bits per heavy atom. The van der Waals surface area contributed by atoms with E-state index in [0.717, 1.165) is 24.0 Å². The van der Waals surface area contributed by atoms with Crippen molar-refractivity contribution in [2.24, 2.45) is 5.41 Å². The first-order valence-corrected chi connectivity index (χ1v) is 5.41. The summed E-state index contributed by atoms with van der Waals surface area (Å²) in [6.07, 6.45) is 4.02. The zero-order valence-corrected chi connectivity index (χ0v) is 9.13. The van der Waals surface area contributed by atoms with E-state index in [0.29, 0.717) is 12.4 Å². The van der Waals surface area contributed by atoms with Crippen molar-refractivity contribution in [1.29, 1.82) is 0 Å². The van der Waals surface area contributed by atoms with Gasteiger partial charge in [0.2, 0.25) is 0 Å². The number of ether oxygens (including phenoxy) is 2. The lowest BCUT2D eigenvalue weighted by atomic mass is 9.88. The van der Waals surface area contributed by atoms with Crippen molar-refractivity contribution < 1.29 is 13.9 Å². The standard InChI is InChI=1S/C13H13FO2/c1-15-7-11-10-3-2-9(14)6-12(10)16-8-13(11)4-5-13/h2-3,6-7H,4-5,8H2,1H3/b11-7+. The van der Waals surface area contributed by atoms with Gasteiger partial charge in [0.25, 0.3) is 0 Å². The fourth-order valence-corrected chi connectivity index (χ4v) is 2.29. The summed E-state index contributed by atoms with van der Waals surface area (Å²) in [7, 11) is 1.64. The first kappa shape index (κ1) is 9.70. The molecule has 1 spiro atoms. The number of fused-ring (bicyclic) bond motifs is 1. The fraction of sp³-hybridized carbons (Fsp3) is 0.385. The molecule has 0 radical (unpaired) electrons. The second-order valence-electron chi connectivity index (χ2n) is 4.48. The number of benzene rings is 1. The highest BCUT2D eigenvalue weighted by Crippen LogP contribution is 2.59. The summed E-state index contributed by atoms with van der Waals surface area (Å²) in [4.78, 5) is 0. The average molecular weight is 220 g/mol. The highest BCUT2D eigenvalue weighted by atomic mass is 19.1. The van der Waals surface area contributed by atoms with Gasteiger partial charge in [-0.25, -0.2) is 4.39 Å². The summed E-state index contributed by atoms with van der Waals surface area (Å²) in [5.41, 5.74) is 2.24. The molecule has 3 rings (SSSR count). The number of hydrogen-bond donors (Lipinski definition) is 0. The van der Waals surface area contributed by atoms with Crippen LogP contribution in [0.3, 0.4) is 0 Å². The third-order valence-corrected chi connectivity index (χ3v) is 3.40. The lowest BCUT2D eigenvalue weighted by Gasteiger charge is -2.27. The van der Waals surface area contributed by atoms with Crippen molar-refractivity contribution in [1.82, 2.24) is 0 Å². The minimum absolute atomic E-state index is 0.126. The molecule has 1 aliphatic carbocycles. The molecule has 1 heterocycles. The summed E-state index contributed by atoms with van der Waals surface area (Å²) in [6, 6.07) is 4.68. The summed E-state index contributed by atoms with van der Waals surface area (Å²) < 4.78 is 23.8. The van der Waals surface area contributed by atoms with Gasteiger partial charge < -0.3 is 9.47 Å². The molecule has 0 bridgehead atoms. The van der Waals surface area contributed by atoms with E-state index in [9.17, 15) is 4.39 Å². The van der Waals surface area contributed by atoms with Gasteiger partial charge in [0.05, 0.1) is 20.0 Å². The quantitative estimate of drug-likeness (QED) is 0.677. The van der Waals surface area contributed by atoms with Crippen molar-refractivity contribution in [2.45, 2.75) is 12.8 Å². The van der Waals surface area contributed by atoms with Crippen LogP contribution in [-0.4, -0.2) is 13.7 Å². The molecule has 0 amide bonds. The summed E-state index contributed by atoms with van der Waals surface area (Å²) in [5.74, 6) is 0.364. The van der Waals surface area contributed by atoms with Gasteiger partial charge >= 0.3 is 0 Å². The van der Waals surface area contributed by atoms with Crippen molar-refractivity contribution in [2.75, 3.05) is 13.7 Å². The van der Waals surface area contributed by atoms with Gasteiger partial charge in [-0.3, -0.25) is 0 Å². The van der Waals surface area contributed by atoms with E-state index >= 15 is 0 Å². The Kier molecular flexibility index (Phi) is 1.96. The minimum atomic E-state index is -0.262. The minimum Gasteiger partial charge on any atom is -0.504 e. The molecule has 2 aliphatic rings. The molecule has 0 aromatic heterocycles. The number of rotatable bonds is 1. The van der Waals surface area contributed by atoms with E-state index in [4.69, 9.17) is 9.47 Å². The summed E-state index contributed by atoms with van der Waals surface area (Å²) in [6.45, 7) is 0.638. The lowest BCUT2D eigenvalue weighted by Crippen LogP contribution is -2.21. The molecule has 1 aliphatic heterocycles. The monoisotopic (exact) mass is 220 g/mol. The smallest absolute Gasteiger partial charge is 0.129 e. The van der Waals surface area contributed by atoms with Gasteiger partial charge in [-0.15, -0.1) is 0 Å². The molecule has 84 valence electrons. The molecule has 16 heavy (non-hydrogen) atoms. The first-order valence-electron chi connectivity index (χ1n) is 5.41. The highest BCUT2D eigenvalue weighted by molar-refractivity contribution is 5.77. The molecule has 1 fully saturated rings. The predicted octanol–water partition coefficient (Wildman–Crippen LogP) is 2.99. The van der Waals surface area contributed by atoms with Crippen LogP contribution in [0.15, 0.2) is 24.5 Å². The predicted molar refractivity (Wildman–Crippen MR) is 58.5 cm³/mol. The third kappa shape index (κ3) is 1.31. The zero-order valence-electron chi connectivity index (χ0n) is 9.13. The number of methoxy groups -OCH3 is 1. The van der Waals surface area contributed by atoms with Gasteiger partial charge in [0.15, 0.2) is 0 Å². The van der Waals surface area contributed by atoms with E-state index in [-0.39, 0.29) is 11.2 Å². The normalized spacial score (nSPS) is 22.8. The molecule has 0 atom stereocenters. The van der Waals surface area contributed by atoms with Crippen LogP contribution < -0.4 is 4.74 Å². The van der Waals surface area contributed by atoms with E-state index < -0.39 is 0 Å². The van der Waals surface area contributed by atoms with Gasteiger partial charge in [0.1, 0.15) is 11.6 Å². The van der Waals surface area contributed by atoms with Crippen LogP contribution in [0.1, 0.15) is 18.4 Å². The Bertz CT molecular complexity index is 461. The van der Waals surface area contributed by atoms with Crippen molar-refractivity contribution in [3.63, 3.8) is 0 Å². The maximum absolute atomic E-state index is 13.1. The molecular formula is C13H13FO2. The molecular weight excluding hydrogens is 207 g/mol. The van der Waals surface area contributed by atoms with Crippen LogP contribution in [-0.2, 0) is 4.74 Å². The second-order valence-corrected chi connectivity index (χ2v) is 4.48. The second kappa shape index (κ2) is 3.24. The van der Waals surface area contributed by atoms with Crippen molar-refractivity contribution in [3.8, 4) is 5.75 Å². The molecule has 1 saturated carbocycles. The maximum atomic E-state index is 13.1. The lowest BCUT2D eigenvalue weighted by molar-refractivity contribution is 0.249. The third-order valence-electron chi connectivity index (χ3n) is 3.40. The molecule has 1 aromatic rings. The SMILES string of the molecule is CO/C=C1\c2ccc(F)cc2OCC12CC2. The molecule has 0 N–H and O–H groups in total. The Hall–Kier alpha value is -1.51. The van der Waals surface area contributed by atoms with Crippen molar-refractivity contribution >= 4 is 5.57 Å². The van der Waals surface area contributed by atoms with Crippen molar-refractivity contribution in [3.05, 3.63) is 35.8 Å². The van der Waals surface area contributed by atoms with Crippen LogP contribution in [0.4, 0.5) is 4.39 Å². The maximum Gasteiger partial charge on any atom is 0.129 e. The van der Waals surface area contributed by atoms with Crippen LogP contribution in [0, 0.1) is 11.2 Å². The average Bonchev–Trinajstić information content (AvgIpc) is 3.04. The van der Waals surface area contributed by atoms with E-state index in [2.05, 4.69) is 0 Å².